The Morgan fingerprint density at radius 2 is 2.12 bits per heavy atom. The summed E-state index contributed by atoms with van der Waals surface area (Å²) in [5.41, 5.74) is 0.876. The van der Waals surface area contributed by atoms with Gasteiger partial charge < -0.3 is 20.5 Å². The number of halogens is 2. The van der Waals surface area contributed by atoms with Crippen LogP contribution in [0.4, 0.5) is 14.9 Å². The van der Waals surface area contributed by atoms with Gasteiger partial charge in [-0.25, -0.2) is 9.18 Å². The van der Waals surface area contributed by atoms with Crippen molar-refractivity contribution in [3.8, 4) is 5.75 Å². The first-order valence-electron chi connectivity index (χ1n) is 7.40. The van der Waals surface area contributed by atoms with E-state index in [1.807, 2.05) is 6.92 Å². The van der Waals surface area contributed by atoms with Crippen molar-refractivity contribution in [1.29, 1.82) is 0 Å². The summed E-state index contributed by atoms with van der Waals surface area (Å²) in [6.07, 6.45) is -1.00. The predicted octanol–water partition coefficient (Wildman–Crippen LogP) is 3.73. The number of carbonyl (C=O) groups excluding carboxylic acids is 1. The number of rotatable bonds is 6. The van der Waals surface area contributed by atoms with Crippen molar-refractivity contribution in [2.24, 2.45) is 0 Å². The van der Waals surface area contributed by atoms with E-state index in [9.17, 15) is 14.3 Å². The summed E-state index contributed by atoms with van der Waals surface area (Å²) >= 11 is 6.04. The zero-order valence-corrected chi connectivity index (χ0v) is 13.8. The molecule has 7 heteroatoms. The van der Waals surface area contributed by atoms with E-state index in [2.05, 4.69) is 10.6 Å². The fourth-order valence-electron chi connectivity index (χ4n) is 2.05. The summed E-state index contributed by atoms with van der Waals surface area (Å²) in [6, 6.07) is 9.95. The van der Waals surface area contributed by atoms with E-state index in [1.165, 1.54) is 18.2 Å². The highest BCUT2D eigenvalue weighted by molar-refractivity contribution is 6.32. The summed E-state index contributed by atoms with van der Waals surface area (Å²) in [5.74, 6) is 0.0895. The summed E-state index contributed by atoms with van der Waals surface area (Å²) in [4.78, 5) is 11.9. The van der Waals surface area contributed by atoms with Gasteiger partial charge in [-0.05, 0) is 42.8 Å². The van der Waals surface area contributed by atoms with Crippen LogP contribution < -0.4 is 15.4 Å². The normalized spacial score (nSPS) is 11.7. The molecule has 0 bridgehead atoms. The Balaban J connectivity index is 1.88. The van der Waals surface area contributed by atoms with Crippen molar-refractivity contribution in [2.45, 2.75) is 13.0 Å². The third-order valence-corrected chi connectivity index (χ3v) is 3.47. The van der Waals surface area contributed by atoms with Gasteiger partial charge in [0.25, 0.3) is 0 Å². The first-order valence-corrected chi connectivity index (χ1v) is 7.78. The maximum atomic E-state index is 13.1. The standard InChI is InChI=1S/C17H18ClFN2O3/c1-2-24-16-7-6-13(9-14(16)18)21-17(23)20-10-15(22)11-4-3-5-12(19)8-11/h3-9,15,22H,2,10H2,1H3,(H2,20,21,23). The van der Waals surface area contributed by atoms with E-state index < -0.39 is 18.0 Å². The number of aliphatic hydroxyl groups excluding tert-OH is 1. The lowest BCUT2D eigenvalue weighted by atomic mass is 10.1. The van der Waals surface area contributed by atoms with Crippen LogP contribution in [0.25, 0.3) is 0 Å². The first-order chi connectivity index (χ1) is 11.5. The van der Waals surface area contributed by atoms with Crippen molar-refractivity contribution >= 4 is 23.3 Å². The van der Waals surface area contributed by atoms with Crippen molar-refractivity contribution in [3.63, 3.8) is 0 Å². The van der Waals surface area contributed by atoms with E-state index in [1.54, 1.807) is 24.3 Å². The molecule has 0 saturated heterocycles. The van der Waals surface area contributed by atoms with Gasteiger partial charge in [0.1, 0.15) is 11.6 Å². The number of hydrogen-bond acceptors (Lipinski definition) is 3. The monoisotopic (exact) mass is 352 g/mol. The lowest BCUT2D eigenvalue weighted by molar-refractivity contribution is 0.174. The zero-order chi connectivity index (χ0) is 17.5. The van der Waals surface area contributed by atoms with E-state index >= 15 is 0 Å². The van der Waals surface area contributed by atoms with Crippen LogP contribution in [0.5, 0.6) is 5.75 Å². The molecule has 0 heterocycles. The molecule has 2 aromatic carbocycles. The molecule has 3 N–H and O–H groups in total. The van der Waals surface area contributed by atoms with Crippen LogP contribution in [0.2, 0.25) is 5.02 Å². The van der Waals surface area contributed by atoms with Crippen LogP contribution in [0, 0.1) is 5.82 Å². The maximum Gasteiger partial charge on any atom is 0.319 e. The topological polar surface area (TPSA) is 70.6 Å². The second kappa shape index (κ2) is 8.52. The van der Waals surface area contributed by atoms with Crippen LogP contribution in [0.15, 0.2) is 42.5 Å². The Morgan fingerprint density at radius 3 is 2.79 bits per heavy atom. The van der Waals surface area contributed by atoms with E-state index in [-0.39, 0.29) is 6.54 Å². The van der Waals surface area contributed by atoms with Gasteiger partial charge in [0, 0.05) is 12.2 Å². The van der Waals surface area contributed by atoms with Gasteiger partial charge in [-0.1, -0.05) is 23.7 Å². The lowest BCUT2D eigenvalue weighted by Crippen LogP contribution is -2.32. The highest BCUT2D eigenvalue weighted by atomic mass is 35.5. The minimum atomic E-state index is -1.00. The number of aliphatic hydroxyl groups is 1. The number of urea groups is 1. The lowest BCUT2D eigenvalue weighted by Gasteiger charge is -2.13. The molecule has 128 valence electrons. The van der Waals surface area contributed by atoms with Gasteiger partial charge >= 0.3 is 6.03 Å². The average Bonchev–Trinajstić information content (AvgIpc) is 2.55. The molecule has 0 saturated carbocycles. The number of ether oxygens (including phenoxy) is 1. The fourth-order valence-corrected chi connectivity index (χ4v) is 2.28. The Kier molecular flexibility index (Phi) is 6.40. The van der Waals surface area contributed by atoms with Crippen LogP contribution in [-0.4, -0.2) is 24.3 Å². The molecule has 1 unspecified atom stereocenters. The van der Waals surface area contributed by atoms with Crippen molar-refractivity contribution in [3.05, 3.63) is 58.9 Å². The molecule has 0 aromatic heterocycles. The summed E-state index contributed by atoms with van der Waals surface area (Å²) in [6.45, 7) is 2.28. The minimum Gasteiger partial charge on any atom is -0.492 e. The predicted molar refractivity (Wildman–Crippen MR) is 91.0 cm³/mol. The first kappa shape index (κ1) is 18.0. The zero-order valence-electron chi connectivity index (χ0n) is 13.1. The van der Waals surface area contributed by atoms with Gasteiger partial charge in [0.2, 0.25) is 0 Å². The second-order valence-electron chi connectivity index (χ2n) is 4.98. The van der Waals surface area contributed by atoms with Crippen molar-refractivity contribution < 1.29 is 19.0 Å². The minimum absolute atomic E-state index is 0.0555. The SMILES string of the molecule is CCOc1ccc(NC(=O)NCC(O)c2cccc(F)c2)cc1Cl. The van der Waals surface area contributed by atoms with Gasteiger partial charge in [0.15, 0.2) is 0 Å². The molecule has 2 aromatic rings. The van der Waals surface area contributed by atoms with Crippen molar-refractivity contribution in [1.82, 2.24) is 5.32 Å². The number of hydrogen-bond donors (Lipinski definition) is 3. The Morgan fingerprint density at radius 1 is 1.33 bits per heavy atom. The Bertz CT molecular complexity index is 712. The van der Waals surface area contributed by atoms with E-state index in [0.717, 1.165) is 0 Å². The summed E-state index contributed by atoms with van der Waals surface area (Å²) < 4.78 is 18.4. The molecule has 5 nitrogen and oxygen atoms in total. The molecule has 2 amide bonds. The van der Waals surface area contributed by atoms with Crippen LogP contribution >= 0.6 is 11.6 Å². The molecule has 2 rings (SSSR count). The number of amides is 2. The second-order valence-corrected chi connectivity index (χ2v) is 5.39. The molecule has 24 heavy (non-hydrogen) atoms. The summed E-state index contributed by atoms with van der Waals surface area (Å²) in [5, 5.41) is 15.4. The van der Waals surface area contributed by atoms with E-state index in [0.29, 0.717) is 28.6 Å². The molecule has 1 atom stereocenters. The number of anilines is 1. The molecule has 0 radical (unpaired) electrons. The molecule has 0 aliphatic heterocycles. The van der Waals surface area contributed by atoms with Gasteiger partial charge in [-0.2, -0.15) is 0 Å². The van der Waals surface area contributed by atoms with Crippen molar-refractivity contribution in [2.75, 3.05) is 18.5 Å². The smallest absolute Gasteiger partial charge is 0.319 e. The third kappa shape index (κ3) is 5.11. The fraction of sp³-hybridized carbons (Fsp3) is 0.235. The van der Waals surface area contributed by atoms with E-state index in [4.69, 9.17) is 16.3 Å². The summed E-state index contributed by atoms with van der Waals surface area (Å²) in [7, 11) is 0. The molecule has 0 aliphatic carbocycles. The largest absolute Gasteiger partial charge is 0.492 e. The molecule has 0 fully saturated rings. The highest BCUT2D eigenvalue weighted by Crippen LogP contribution is 2.27. The average molecular weight is 353 g/mol. The molecule has 0 aliphatic rings. The van der Waals surface area contributed by atoms with Gasteiger partial charge in [-0.3, -0.25) is 0 Å². The molecule has 0 spiro atoms. The number of carbonyl (C=O) groups is 1. The van der Waals surface area contributed by atoms with Gasteiger partial charge in [-0.15, -0.1) is 0 Å². The molecular formula is C17H18ClFN2O3. The Hall–Kier alpha value is -2.31. The number of nitrogens with one attached hydrogen (secondary N) is 2. The number of benzene rings is 2. The molecular weight excluding hydrogens is 335 g/mol. The highest BCUT2D eigenvalue weighted by Gasteiger charge is 2.11. The van der Waals surface area contributed by atoms with Crippen LogP contribution in [0.3, 0.4) is 0 Å². The van der Waals surface area contributed by atoms with Crippen LogP contribution in [-0.2, 0) is 0 Å². The third-order valence-electron chi connectivity index (χ3n) is 3.18. The van der Waals surface area contributed by atoms with Crippen LogP contribution in [0.1, 0.15) is 18.6 Å². The van der Waals surface area contributed by atoms with Gasteiger partial charge in [0.05, 0.1) is 17.7 Å². The Labute approximate surface area is 144 Å². The quantitative estimate of drug-likeness (QED) is 0.741. The maximum absolute atomic E-state index is 13.1.